The van der Waals surface area contributed by atoms with Crippen LogP contribution < -0.4 is 5.32 Å². The Balaban J connectivity index is 2.23. The molecule has 0 saturated heterocycles. The van der Waals surface area contributed by atoms with Gasteiger partial charge in [0.2, 0.25) is 11.8 Å². The van der Waals surface area contributed by atoms with Gasteiger partial charge in [-0.15, -0.1) is 10.2 Å². The van der Waals surface area contributed by atoms with Crippen LogP contribution in [0.4, 0.5) is 0 Å². The van der Waals surface area contributed by atoms with Crippen LogP contribution in [0, 0.1) is 0 Å². The first-order valence-electron chi connectivity index (χ1n) is 6.23. The fourth-order valence-corrected chi connectivity index (χ4v) is 2.52. The van der Waals surface area contributed by atoms with Crippen LogP contribution in [0.15, 0.2) is 4.42 Å². The van der Waals surface area contributed by atoms with Gasteiger partial charge in [0.05, 0.1) is 6.04 Å². The molecular formula is C12H21N3O. The minimum atomic E-state index is 0.136. The first-order chi connectivity index (χ1) is 7.72. The summed E-state index contributed by atoms with van der Waals surface area (Å²) in [5.41, 5.74) is 0.165. The van der Waals surface area contributed by atoms with E-state index in [9.17, 15) is 0 Å². The second-order valence-electron chi connectivity index (χ2n) is 4.80. The van der Waals surface area contributed by atoms with Gasteiger partial charge in [0.15, 0.2) is 0 Å². The molecule has 1 aliphatic rings. The van der Waals surface area contributed by atoms with Crippen LogP contribution in [-0.4, -0.2) is 17.2 Å². The Hall–Kier alpha value is -0.900. The van der Waals surface area contributed by atoms with Gasteiger partial charge < -0.3 is 9.73 Å². The zero-order valence-electron chi connectivity index (χ0n) is 10.4. The molecule has 1 N–H and O–H groups in total. The Morgan fingerprint density at radius 3 is 2.62 bits per heavy atom. The van der Waals surface area contributed by atoms with E-state index < -0.39 is 0 Å². The highest BCUT2D eigenvalue weighted by molar-refractivity contribution is 5.07. The third kappa shape index (κ3) is 1.86. The Labute approximate surface area is 96.8 Å². The molecular weight excluding hydrogens is 202 g/mol. The molecule has 16 heavy (non-hydrogen) atoms. The Bertz CT molecular complexity index is 342. The van der Waals surface area contributed by atoms with Crippen molar-refractivity contribution in [3.05, 3.63) is 11.8 Å². The highest BCUT2D eigenvalue weighted by atomic mass is 16.4. The van der Waals surface area contributed by atoms with Gasteiger partial charge in [-0.1, -0.05) is 19.8 Å². The zero-order chi connectivity index (χ0) is 11.6. The summed E-state index contributed by atoms with van der Waals surface area (Å²) in [5.74, 6) is 1.56. The number of nitrogens with one attached hydrogen (secondary N) is 1. The lowest BCUT2D eigenvalue weighted by Crippen LogP contribution is -2.21. The van der Waals surface area contributed by atoms with E-state index in [0.717, 1.165) is 12.3 Å². The lowest BCUT2D eigenvalue weighted by Gasteiger charge is -2.22. The quantitative estimate of drug-likeness (QED) is 0.852. The van der Waals surface area contributed by atoms with Crippen molar-refractivity contribution < 1.29 is 4.42 Å². The molecule has 1 unspecified atom stereocenters. The third-order valence-corrected chi connectivity index (χ3v) is 3.94. The van der Waals surface area contributed by atoms with Crippen molar-refractivity contribution in [3.63, 3.8) is 0 Å². The van der Waals surface area contributed by atoms with E-state index in [1.165, 1.54) is 25.7 Å². The monoisotopic (exact) mass is 223 g/mol. The molecule has 90 valence electrons. The molecule has 1 heterocycles. The standard InChI is InChI=1S/C12H21N3O/c1-4-12(7-5-6-8-12)11-15-14-10(16-11)9(2)13-3/h9,13H,4-8H2,1-3H3. The minimum absolute atomic E-state index is 0.136. The number of aromatic nitrogens is 2. The largest absolute Gasteiger partial charge is 0.423 e. The molecule has 0 spiro atoms. The van der Waals surface area contributed by atoms with Gasteiger partial charge >= 0.3 is 0 Å². The van der Waals surface area contributed by atoms with Gasteiger partial charge in [-0.05, 0) is 33.2 Å². The normalized spacial score (nSPS) is 21.2. The maximum atomic E-state index is 5.83. The summed E-state index contributed by atoms with van der Waals surface area (Å²) >= 11 is 0. The minimum Gasteiger partial charge on any atom is -0.423 e. The predicted octanol–water partition coefficient (Wildman–Crippen LogP) is 2.57. The predicted molar refractivity (Wildman–Crippen MR) is 62.2 cm³/mol. The molecule has 0 radical (unpaired) electrons. The molecule has 4 nitrogen and oxygen atoms in total. The Kier molecular flexibility index (Phi) is 3.28. The first kappa shape index (κ1) is 11.6. The molecule has 2 rings (SSSR count). The molecule has 1 aliphatic carbocycles. The molecule has 0 bridgehead atoms. The molecule has 1 aromatic heterocycles. The topological polar surface area (TPSA) is 51.0 Å². The van der Waals surface area contributed by atoms with Crippen molar-refractivity contribution in [1.29, 1.82) is 0 Å². The van der Waals surface area contributed by atoms with E-state index in [1.807, 2.05) is 14.0 Å². The summed E-state index contributed by atoms with van der Waals surface area (Å²) in [5, 5.41) is 11.5. The average Bonchev–Trinajstić information content (AvgIpc) is 2.96. The van der Waals surface area contributed by atoms with Gasteiger partial charge in [-0.3, -0.25) is 0 Å². The van der Waals surface area contributed by atoms with Crippen LogP contribution in [0.2, 0.25) is 0 Å². The molecule has 1 fully saturated rings. The average molecular weight is 223 g/mol. The summed E-state index contributed by atoms with van der Waals surface area (Å²) in [7, 11) is 1.90. The second kappa shape index (κ2) is 4.53. The SMILES string of the molecule is CCC1(c2nnc(C(C)NC)o2)CCCC1. The summed E-state index contributed by atoms with van der Waals surface area (Å²) in [6.45, 7) is 4.25. The van der Waals surface area contributed by atoms with Gasteiger partial charge in [0.25, 0.3) is 0 Å². The molecule has 1 saturated carbocycles. The Morgan fingerprint density at radius 2 is 2.06 bits per heavy atom. The van der Waals surface area contributed by atoms with E-state index in [1.54, 1.807) is 0 Å². The van der Waals surface area contributed by atoms with Crippen molar-refractivity contribution in [2.24, 2.45) is 0 Å². The number of nitrogens with zero attached hydrogens (tertiary/aromatic N) is 2. The lowest BCUT2D eigenvalue weighted by molar-refractivity contribution is 0.296. The third-order valence-electron chi connectivity index (χ3n) is 3.94. The van der Waals surface area contributed by atoms with E-state index in [0.29, 0.717) is 5.89 Å². The van der Waals surface area contributed by atoms with Crippen LogP contribution in [0.5, 0.6) is 0 Å². The molecule has 4 heteroatoms. The van der Waals surface area contributed by atoms with Crippen LogP contribution in [0.25, 0.3) is 0 Å². The van der Waals surface area contributed by atoms with Crippen LogP contribution in [0.1, 0.15) is 63.8 Å². The Morgan fingerprint density at radius 1 is 1.38 bits per heavy atom. The molecule has 1 aromatic rings. The second-order valence-corrected chi connectivity index (χ2v) is 4.80. The highest BCUT2D eigenvalue weighted by Gasteiger charge is 2.39. The van der Waals surface area contributed by atoms with Gasteiger partial charge in [0.1, 0.15) is 0 Å². The summed E-state index contributed by atoms with van der Waals surface area (Å²) in [4.78, 5) is 0. The number of hydrogen-bond acceptors (Lipinski definition) is 4. The van der Waals surface area contributed by atoms with E-state index in [2.05, 4.69) is 22.4 Å². The summed E-state index contributed by atoms with van der Waals surface area (Å²) < 4.78 is 5.83. The number of hydrogen-bond donors (Lipinski definition) is 1. The van der Waals surface area contributed by atoms with E-state index in [4.69, 9.17) is 4.42 Å². The smallest absolute Gasteiger partial charge is 0.233 e. The van der Waals surface area contributed by atoms with Crippen molar-refractivity contribution in [2.45, 2.75) is 57.4 Å². The molecule has 0 aromatic carbocycles. The van der Waals surface area contributed by atoms with Gasteiger partial charge in [-0.2, -0.15) is 0 Å². The molecule has 0 aliphatic heterocycles. The van der Waals surface area contributed by atoms with Crippen molar-refractivity contribution in [1.82, 2.24) is 15.5 Å². The first-order valence-corrected chi connectivity index (χ1v) is 6.23. The summed E-state index contributed by atoms with van der Waals surface area (Å²) in [6.07, 6.45) is 6.06. The van der Waals surface area contributed by atoms with E-state index in [-0.39, 0.29) is 11.5 Å². The zero-order valence-corrected chi connectivity index (χ0v) is 10.4. The molecule has 0 amide bonds. The van der Waals surface area contributed by atoms with E-state index >= 15 is 0 Å². The van der Waals surface area contributed by atoms with Crippen molar-refractivity contribution in [3.8, 4) is 0 Å². The maximum Gasteiger partial charge on any atom is 0.233 e. The number of rotatable bonds is 4. The summed E-state index contributed by atoms with van der Waals surface area (Å²) in [6, 6.07) is 0.136. The van der Waals surface area contributed by atoms with Crippen LogP contribution >= 0.6 is 0 Å². The fourth-order valence-electron chi connectivity index (χ4n) is 2.52. The van der Waals surface area contributed by atoms with Crippen LogP contribution in [0.3, 0.4) is 0 Å². The molecule has 1 atom stereocenters. The fraction of sp³-hybridized carbons (Fsp3) is 0.833. The maximum absolute atomic E-state index is 5.83. The van der Waals surface area contributed by atoms with Crippen molar-refractivity contribution in [2.75, 3.05) is 7.05 Å². The van der Waals surface area contributed by atoms with Crippen molar-refractivity contribution >= 4 is 0 Å². The van der Waals surface area contributed by atoms with Gasteiger partial charge in [0, 0.05) is 5.41 Å². The lowest BCUT2D eigenvalue weighted by atomic mass is 9.83. The van der Waals surface area contributed by atoms with Crippen LogP contribution in [-0.2, 0) is 5.41 Å². The van der Waals surface area contributed by atoms with Gasteiger partial charge in [-0.25, -0.2) is 0 Å². The highest BCUT2D eigenvalue weighted by Crippen LogP contribution is 2.43.